The predicted molar refractivity (Wildman–Crippen MR) is 142 cm³/mol. The summed E-state index contributed by atoms with van der Waals surface area (Å²) in [5.41, 5.74) is 2.28. The minimum absolute atomic E-state index is 0.215. The number of ether oxygens (including phenoxy) is 2. The lowest BCUT2D eigenvalue weighted by Gasteiger charge is -2.26. The zero-order valence-electron chi connectivity index (χ0n) is 19.9. The summed E-state index contributed by atoms with van der Waals surface area (Å²) in [5.74, 6) is 0.221. The quantitative estimate of drug-likeness (QED) is 0.362. The summed E-state index contributed by atoms with van der Waals surface area (Å²) in [5, 5.41) is 2.39. The van der Waals surface area contributed by atoms with Crippen molar-refractivity contribution in [3.05, 3.63) is 108 Å². The third-order valence-electron chi connectivity index (χ3n) is 6.12. The van der Waals surface area contributed by atoms with Crippen molar-refractivity contribution < 1.29 is 14.3 Å². The van der Waals surface area contributed by atoms with Crippen LogP contribution < -0.4 is 19.6 Å². The van der Waals surface area contributed by atoms with Crippen LogP contribution in [0.1, 0.15) is 31.0 Å². The van der Waals surface area contributed by atoms with Gasteiger partial charge in [0.05, 0.1) is 35.6 Å². The Morgan fingerprint density at radius 1 is 1.11 bits per heavy atom. The highest BCUT2D eigenvalue weighted by atomic mass is 35.5. The van der Waals surface area contributed by atoms with Crippen LogP contribution in [-0.4, -0.2) is 24.3 Å². The first-order valence-corrected chi connectivity index (χ1v) is 12.6. The summed E-state index contributed by atoms with van der Waals surface area (Å²) >= 11 is 7.31. The topological polar surface area (TPSA) is 69.9 Å². The van der Waals surface area contributed by atoms with Crippen molar-refractivity contribution in [1.29, 1.82) is 0 Å². The van der Waals surface area contributed by atoms with Crippen molar-refractivity contribution in [3.8, 4) is 5.75 Å². The van der Waals surface area contributed by atoms with E-state index in [9.17, 15) is 9.59 Å². The van der Waals surface area contributed by atoms with Crippen LogP contribution in [0, 0.1) is 0 Å². The number of nitrogens with zero attached hydrogens (tertiary/aromatic N) is 2. The lowest BCUT2D eigenvalue weighted by molar-refractivity contribution is -0.139. The third-order valence-corrected chi connectivity index (χ3v) is 7.35. The van der Waals surface area contributed by atoms with Gasteiger partial charge >= 0.3 is 5.97 Å². The van der Waals surface area contributed by atoms with E-state index in [-0.39, 0.29) is 12.2 Å². The van der Waals surface area contributed by atoms with Gasteiger partial charge in [0.2, 0.25) is 0 Å². The molecule has 4 aromatic rings. The van der Waals surface area contributed by atoms with E-state index in [2.05, 4.69) is 4.99 Å². The molecule has 0 unspecified atom stereocenters. The number of hydrogen-bond acceptors (Lipinski definition) is 6. The van der Waals surface area contributed by atoms with Crippen molar-refractivity contribution in [2.45, 2.75) is 19.9 Å². The molecule has 0 N–H and O–H groups in total. The summed E-state index contributed by atoms with van der Waals surface area (Å²) < 4.78 is 13.1. The second kappa shape index (κ2) is 9.76. The molecule has 5 rings (SSSR count). The van der Waals surface area contributed by atoms with Gasteiger partial charge in [-0.2, -0.15) is 0 Å². The van der Waals surface area contributed by atoms with Crippen molar-refractivity contribution >= 4 is 45.8 Å². The fourth-order valence-electron chi connectivity index (χ4n) is 4.51. The van der Waals surface area contributed by atoms with Crippen molar-refractivity contribution in [1.82, 2.24) is 4.57 Å². The molecule has 6 nitrogen and oxygen atoms in total. The molecule has 8 heteroatoms. The van der Waals surface area contributed by atoms with Gasteiger partial charge in [-0.1, -0.05) is 65.4 Å². The standard InChI is InChI=1S/C28H23ClN2O4S/c1-4-35-27(33)24-16(2)30-28-31(26(32)23(36-28)15-17-9-11-18(29)12-10-17)25(24)21-13-14-22(34-3)20-8-6-5-7-19(20)21/h5-15,25H,4H2,1-3H3/b23-15-/t25-/m1/s1. The zero-order valence-corrected chi connectivity index (χ0v) is 21.5. The molecule has 3 aromatic carbocycles. The Hall–Kier alpha value is -3.68. The minimum Gasteiger partial charge on any atom is -0.496 e. The molecule has 0 fully saturated rings. The Morgan fingerprint density at radius 2 is 1.83 bits per heavy atom. The van der Waals surface area contributed by atoms with Crippen molar-refractivity contribution in [2.75, 3.05) is 13.7 Å². The summed E-state index contributed by atoms with van der Waals surface area (Å²) in [4.78, 5) is 32.2. The van der Waals surface area contributed by atoms with Gasteiger partial charge in [0.25, 0.3) is 5.56 Å². The maximum atomic E-state index is 13.8. The molecule has 1 aliphatic heterocycles. The minimum atomic E-state index is -0.705. The zero-order chi connectivity index (χ0) is 25.4. The van der Waals surface area contributed by atoms with Crippen molar-refractivity contribution in [2.24, 2.45) is 4.99 Å². The van der Waals surface area contributed by atoms with Gasteiger partial charge in [-0.25, -0.2) is 9.79 Å². The molecule has 0 radical (unpaired) electrons. The molecular weight excluding hydrogens is 496 g/mol. The Labute approximate surface area is 216 Å². The molecule has 1 aromatic heterocycles. The first kappa shape index (κ1) is 24.0. The molecule has 0 amide bonds. The SMILES string of the molecule is CCOC(=O)C1=C(C)N=c2s/c(=C\c3ccc(Cl)cc3)c(=O)n2[C@@H]1c1ccc(OC)c2ccccc12. The predicted octanol–water partition coefficient (Wildman–Crippen LogP) is 4.61. The van der Waals surface area contributed by atoms with Gasteiger partial charge in [-0.3, -0.25) is 9.36 Å². The van der Waals surface area contributed by atoms with E-state index in [4.69, 9.17) is 21.1 Å². The monoisotopic (exact) mass is 518 g/mol. The van der Waals surface area contributed by atoms with Gasteiger partial charge in [-0.05, 0) is 54.6 Å². The number of carbonyl (C=O) groups is 1. The second-order valence-corrected chi connectivity index (χ2v) is 9.70. The second-order valence-electron chi connectivity index (χ2n) is 8.26. The van der Waals surface area contributed by atoms with E-state index in [0.717, 1.165) is 21.9 Å². The molecule has 2 heterocycles. The van der Waals surface area contributed by atoms with Crippen LogP contribution in [0.15, 0.2) is 81.7 Å². The highest BCUT2D eigenvalue weighted by Gasteiger charge is 2.34. The number of aromatic nitrogens is 1. The molecule has 0 spiro atoms. The Bertz CT molecular complexity index is 1700. The number of benzene rings is 3. The molecule has 36 heavy (non-hydrogen) atoms. The highest BCUT2D eigenvalue weighted by molar-refractivity contribution is 7.07. The summed E-state index contributed by atoms with van der Waals surface area (Å²) in [6.07, 6.45) is 1.81. The molecular formula is C28H23ClN2O4S. The van der Waals surface area contributed by atoms with Gasteiger partial charge in [0.15, 0.2) is 4.80 Å². The van der Waals surface area contributed by atoms with Crippen LogP contribution in [0.4, 0.5) is 0 Å². The number of thiazole rings is 1. The van der Waals surface area contributed by atoms with Crippen LogP contribution in [0.2, 0.25) is 5.02 Å². The van der Waals surface area contributed by atoms with Crippen molar-refractivity contribution in [3.63, 3.8) is 0 Å². The van der Waals surface area contributed by atoms with Crippen LogP contribution in [0.5, 0.6) is 5.75 Å². The molecule has 182 valence electrons. The Morgan fingerprint density at radius 3 is 2.53 bits per heavy atom. The fourth-order valence-corrected chi connectivity index (χ4v) is 5.68. The lowest BCUT2D eigenvalue weighted by atomic mass is 9.91. The normalized spacial score (nSPS) is 15.6. The van der Waals surface area contributed by atoms with Crippen LogP contribution in [0.25, 0.3) is 16.8 Å². The van der Waals surface area contributed by atoms with Gasteiger partial charge in [0, 0.05) is 10.4 Å². The molecule has 1 aliphatic rings. The number of carbonyl (C=O) groups excluding carboxylic acids is 1. The molecule has 1 atom stereocenters. The fraction of sp³-hybridized carbons (Fsp3) is 0.179. The Balaban J connectivity index is 1.81. The first-order valence-electron chi connectivity index (χ1n) is 11.4. The lowest BCUT2D eigenvalue weighted by Crippen LogP contribution is -2.40. The van der Waals surface area contributed by atoms with E-state index in [1.54, 1.807) is 37.7 Å². The van der Waals surface area contributed by atoms with Crippen LogP contribution in [-0.2, 0) is 9.53 Å². The summed E-state index contributed by atoms with van der Waals surface area (Å²) in [6.45, 7) is 3.75. The summed E-state index contributed by atoms with van der Waals surface area (Å²) in [6, 6.07) is 18.1. The average Bonchev–Trinajstić information content (AvgIpc) is 3.18. The van der Waals surface area contributed by atoms with Gasteiger partial charge in [0.1, 0.15) is 5.75 Å². The maximum Gasteiger partial charge on any atom is 0.338 e. The number of allylic oxidation sites excluding steroid dienone is 1. The maximum absolute atomic E-state index is 13.8. The molecule has 0 saturated heterocycles. The number of rotatable bonds is 5. The number of halogens is 1. The number of methoxy groups -OCH3 is 1. The van der Waals surface area contributed by atoms with E-state index < -0.39 is 12.0 Å². The summed E-state index contributed by atoms with van der Waals surface area (Å²) in [7, 11) is 1.62. The van der Waals surface area contributed by atoms with Gasteiger partial charge in [-0.15, -0.1) is 0 Å². The van der Waals surface area contributed by atoms with Gasteiger partial charge < -0.3 is 9.47 Å². The van der Waals surface area contributed by atoms with E-state index in [1.165, 1.54) is 11.3 Å². The van der Waals surface area contributed by atoms with Crippen LogP contribution >= 0.6 is 22.9 Å². The van der Waals surface area contributed by atoms with Crippen LogP contribution in [0.3, 0.4) is 0 Å². The molecule has 0 aliphatic carbocycles. The highest BCUT2D eigenvalue weighted by Crippen LogP contribution is 2.37. The largest absolute Gasteiger partial charge is 0.496 e. The number of fused-ring (bicyclic) bond motifs is 2. The number of esters is 1. The van der Waals surface area contributed by atoms with E-state index >= 15 is 0 Å². The Kier molecular flexibility index (Phi) is 6.51. The molecule has 0 saturated carbocycles. The van der Waals surface area contributed by atoms with E-state index in [0.29, 0.717) is 31.4 Å². The first-order chi connectivity index (χ1) is 17.4. The van der Waals surface area contributed by atoms with E-state index in [1.807, 2.05) is 54.6 Å². The third kappa shape index (κ3) is 4.14. The smallest absolute Gasteiger partial charge is 0.338 e. The average molecular weight is 519 g/mol. The number of hydrogen-bond donors (Lipinski definition) is 0. The molecule has 0 bridgehead atoms.